The van der Waals surface area contributed by atoms with Crippen molar-refractivity contribution >= 4 is 11.9 Å². The third-order valence-corrected chi connectivity index (χ3v) is 7.28. The van der Waals surface area contributed by atoms with Crippen LogP contribution in [0, 0.1) is 0 Å². The smallest absolute Gasteiger partial charge is 0.338 e. The first-order valence-electron chi connectivity index (χ1n) is 14.9. The zero-order valence-electron chi connectivity index (χ0n) is 25.6. The van der Waals surface area contributed by atoms with Gasteiger partial charge in [0.2, 0.25) is 0 Å². The van der Waals surface area contributed by atoms with Crippen molar-refractivity contribution in [3.63, 3.8) is 0 Å². The summed E-state index contributed by atoms with van der Waals surface area (Å²) in [6.45, 7) is 14.7. The summed E-state index contributed by atoms with van der Waals surface area (Å²) in [5.74, 6) is -0.495. The maximum absolute atomic E-state index is 12.6. The molecule has 0 atom stereocenters. The molecule has 0 aliphatic rings. The Labute approximate surface area is 250 Å². The number of hydrogen-bond acceptors (Lipinski definition) is 5. The molecule has 0 amide bonds. The largest absolute Gasteiger partial charge is 0.423 e. The second kappa shape index (κ2) is 15.9. The molecule has 42 heavy (non-hydrogen) atoms. The van der Waals surface area contributed by atoms with Crippen molar-refractivity contribution in [3.8, 4) is 22.6 Å². The molecule has 5 nitrogen and oxygen atoms in total. The molecule has 3 aromatic rings. The highest BCUT2D eigenvalue weighted by molar-refractivity contribution is 5.92. The van der Waals surface area contributed by atoms with Crippen molar-refractivity contribution in [2.24, 2.45) is 0 Å². The Morgan fingerprint density at radius 2 is 1.24 bits per heavy atom. The lowest BCUT2D eigenvalue weighted by atomic mass is 9.92. The molecule has 0 radical (unpaired) electrons. The van der Waals surface area contributed by atoms with E-state index in [1.165, 1.54) is 36.0 Å². The van der Waals surface area contributed by atoms with Crippen LogP contribution in [0.2, 0.25) is 0 Å². The number of benzene rings is 3. The average Bonchev–Trinajstić information content (AvgIpc) is 2.97. The maximum atomic E-state index is 12.6. The molecule has 3 aromatic carbocycles. The van der Waals surface area contributed by atoms with E-state index < -0.39 is 11.9 Å². The topological polar surface area (TPSA) is 72.8 Å². The minimum atomic E-state index is -0.563. The molecule has 0 saturated carbocycles. The summed E-state index contributed by atoms with van der Waals surface area (Å²) in [4.78, 5) is 25.0. The Kier molecular flexibility index (Phi) is 12.3. The maximum Gasteiger partial charge on any atom is 0.338 e. The monoisotopic (exact) mass is 568 g/mol. The van der Waals surface area contributed by atoms with Gasteiger partial charge >= 0.3 is 11.9 Å². The Balaban J connectivity index is 1.94. The highest BCUT2D eigenvalue weighted by Crippen LogP contribution is 2.39. The van der Waals surface area contributed by atoms with Crippen LogP contribution in [0.3, 0.4) is 0 Å². The number of rotatable bonds is 15. The number of aliphatic hydroxyl groups is 1. The molecule has 0 fully saturated rings. The highest BCUT2D eigenvalue weighted by Gasteiger charge is 2.20. The summed E-state index contributed by atoms with van der Waals surface area (Å²) in [6, 6.07) is 18.7. The normalized spacial score (nSPS) is 10.8. The molecule has 0 aliphatic carbocycles. The van der Waals surface area contributed by atoms with Gasteiger partial charge < -0.3 is 14.6 Å². The third-order valence-electron chi connectivity index (χ3n) is 7.28. The molecule has 0 saturated heterocycles. The number of ether oxygens (including phenoxy) is 2. The minimum absolute atomic E-state index is 0.165. The van der Waals surface area contributed by atoms with Crippen molar-refractivity contribution in [2.45, 2.75) is 79.1 Å². The first kappa shape index (κ1) is 32.6. The van der Waals surface area contributed by atoms with Crippen LogP contribution in [0.5, 0.6) is 11.5 Å². The van der Waals surface area contributed by atoms with Gasteiger partial charge in [0, 0.05) is 28.9 Å². The first-order valence-corrected chi connectivity index (χ1v) is 14.9. The van der Waals surface area contributed by atoms with E-state index in [9.17, 15) is 14.7 Å². The van der Waals surface area contributed by atoms with Crippen LogP contribution in [0.15, 0.2) is 78.9 Å². The zero-order chi connectivity index (χ0) is 30.6. The molecule has 222 valence electrons. The lowest BCUT2D eigenvalue weighted by Gasteiger charge is -2.18. The predicted molar refractivity (Wildman–Crippen MR) is 170 cm³/mol. The summed E-state index contributed by atoms with van der Waals surface area (Å²) in [5.41, 5.74) is 7.58. The fraction of sp³-hybridized carbons (Fsp3) is 0.351. The molecule has 0 spiro atoms. The second-order valence-electron chi connectivity index (χ2n) is 10.9. The molecule has 0 aliphatic heterocycles. The van der Waals surface area contributed by atoms with Crippen LogP contribution < -0.4 is 9.47 Å². The fourth-order valence-corrected chi connectivity index (χ4v) is 4.78. The van der Waals surface area contributed by atoms with Gasteiger partial charge in [0.1, 0.15) is 11.5 Å². The van der Waals surface area contributed by atoms with Crippen molar-refractivity contribution in [2.75, 3.05) is 6.61 Å². The Morgan fingerprint density at radius 3 is 1.81 bits per heavy atom. The molecule has 0 unspecified atom stereocenters. The lowest BCUT2D eigenvalue weighted by Crippen LogP contribution is -2.13. The van der Waals surface area contributed by atoms with Gasteiger partial charge in [0.15, 0.2) is 0 Å². The molecule has 3 rings (SSSR count). The van der Waals surface area contributed by atoms with Gasteiger partial charge in [-0.1, -0.05) is 82.3 Å². The molecule has 5 heteroatoms. The van der Waals surface area contributed by atoms with E-state index in [2.05, 4.69) is 63.4 Å². The minimum Gasteiger partial charge on any atom is -0.423 e. The van der Waals surface area contributed by atoms with Gasteiger partial charge in [-0.2, -0.15) is 0 Å². The third kappa shape index (κ3) is 9.02. The fourth-order valence-electron chi connectivity index (χ4n) is 4.78. The lowest BCUT2D eigenvalue weighted by molar-refractivity contribution is -0.131. The first-order chi connectivity index (χ1) is 20.2. The number of hydrogen-bond donors (Lipinski definition) is 1. The SMILES string of the molecule is C=C(C)C(=O)Oc1cc(-c2ccc(CCc3ccc(CCCCC)cc3)cc2CC)c(OC(=O)C(=C)C)cc1CCO. The number of unbranched alkanes of at least 4 members (excludes halogenated alkanes) is 2. The second-order valence-corrected chi connectivity index (χ2v) is 10.9. The van der Waals surface area contributed by atoms with Crippen LogP contribution in [-0.4, -0.2) is 23.7 Å². The highest BCUT2D eigenvalue weighted by atomic mass is 16.5. The van der Waals surface area contributed by atoms with E-state index in [1.54, 1.807) is 26.0 Å². The number of carbonyl (C=O) groups is 2. The predicted octanol–water partition coefficient (Wildman–Crippen LogP) is 7.93. The van der Waals surface area contributed by atoms with Crippen molar-refractivity contribution in [1.29, 1.82) is 0 Å². The van der Waals surface area contributed by atoms with Gasteiger partial charge in [-0.3, -0.25) is 0 Å². The van der Waals surface area contributed by atoms with Crippen LogP contribution in [0.25, 0.3) is 11.1 Å². The molecular weight excluding hydrogens is 524 g/mol. The van der Waals surface area contributed by atoms with Crippen LogP contribution in [-0.2, 0) is 41.7 Å². The van der Waals surface area contributed by atoms with Gasteiger partial charge in [0.25, 0.3) is 0 Å². The summed E-state index contributed by atoms with van der Waals surface area (Å²) in [6.07, 6.45) is 7.68. The Hall–Kier alpha value is -3.96. The summed E-state index contributed by atoms with van der Waals surface area (Å²) in [7, 11) is 0. The zero-order valence-corrected chi connectivity index (χ0v) is 25.6. The number of esters is 2. The summed E-state index contributed by atoms with van der Waals surface area (Å²) in [5, 5.41) is 9.66. The Morgan fingerprint density at radius 1 is 0.667 bits per heavy atom. The van der Waals surface area contributed by atoms with E-state index in [1.807, 2.05) is 6.07 Å². The van der Waals surface area contributed by atoms with E-state index in [-0.39, 0.29) is 24.2 Å². The molecule has 0 aromatic heterocycles. The van der Waals surface area contributed by atoms with Gasteiger partial charge in [-0.15, -0.1) is 0 Å². The molecule has 0 bridgehead atoms. The number of carbonyl (C=O) groups excluding carboxylic acids is 2. The van der Waals surface area contributed by atoms with Gasteiger partial charge in [-0.25, -0.2) is 9.59 Å². The van der Waals surface area contributed by atoms with Crippen LogP contribution in [0.1, 0.15) is 74.8 Å². The quantitative estimate of drug-likeness (QED) is 0.0872. The van der Waals surface area contributed by atoms with E-state index in [0.29, 0.717) is 22.6 Å². The molecule has 0 heterocycles. The van der Waals surface area contributed by atoms with E-state index in [4.69, 9.17) is 9.47 Å². The molecule has 1 N–H and O–H groups in total. The van der Waals surface area contributed by atoms with Crippen molar-refractivity contribution < 1.29 is 24.2 Å². The summed E-state index contributed by atoms with van der Waals surface area (Å²) < 4.78 is 11.4. The summed E-state index contributed by atoms with van der Waals surface area (Å²) >= 11 is 0. The van der Waals surface area contributed by atoms with Crippen LogP contribution >= 0.6 is 0 Å². The average molecular weight is 569 g/mol. The van der Waals surface area contributed by atoms with Gasteiger partial charge in [-0.05, 0) is 92.3 Å². The molecular formula is C37H44O5. The van der Waals surface area contributed by atoms with Crippen LogP contribution in [0.4, 0.5) is 0 Å². The van der Waals surface area contributed by atoms with Crippen molar-refractivity contribution in [3.05, 3.63) is 107 Å². The van der Waals surface area contributed by atoms with E-state index >= 15 is 0 Å². The Bertz CT molecular complexity index is 1410. The standard InChI is InChI=1S/C37H44O5/c1-7-9-10-11-27-12-14-28(15-13-27)16-17-29-18-19-32(30(8-2)22-29)33-24-34(41-36(39)25(3)4)31(20-21-38)23-35(33)42-37(40)26(5)6/h12-15,18-19,22-24,38H,3,5,7-11,16-17,20-21H2,1-2,4,6H3. The number of aliphatic hydroxyl groups excluding tert-OH is 1. The van der Waals surface area contributed by atoms with E-state index in [0.717, 1.165) is 36.8 Å². The van der Waals surface area contributed by atoms with Crippen molar-refractivity contribution in [1.82, 2.24) is 0 Å². The number of aryl methyl sites for hydroxylation is 4. The van der Waals surface area contributed by atoms with Gasteiger partial charge in [0.05, 0.1) is 0 Å².